The van der Waals surface area contributed by atoms with Gasteiger partial charge in [0.15, 0.2) is 0 Å². The number of hydrogen-bond acceptors (Lipinski definition) is 3. The van der Waals surface area contributed by atoms with Crippen LogP contribution in [0.15, 0.2) is 211 Å². The Bertz CT molecular complexity index is 4210. The first-order valence-electron chi connectivity index (χ1n) is 21.4. The lowest BCUT2D eigenvalue weighted by molar-refractivity contribution is 0.669. The monoisotopic (exact) mass is 802 g/mol. The van der Waals surface area contributed by atoms with Crippen molar-refractivity contribution < 1.29 is 4.42 Å². The van der Waals surface area contributed by atoms with Gasteiger partial charge in [-0.1, -0.05) is 140 Å². The van der Waals surface area contributed by atoms with Gasteiger partial charge >= 0.3 is 0 Å². The van der Waals surface area contributed by atoms with Crippen LogP contribution >= 0.6 is 0 Å². The molecule has 0 aliphatic carbocycles. The molecule has 0 aliphatic heterocycles. The molecule has 4 aromatic heterocycles. The molecule has 0 aliphatic rings. The zero-order valence-electron chi connectivity index (χ0n) is 33.8. The zero-order valence-corrected chi connectivity index (χ0v) is 33.8. The maximum absolute atomic E-state index is 6.32. The van der Waals surface area contributed by atoms with Crippen molar-refractivity contribution in [2.45, 2.75) is 0 Å². The fraction of sp³-hybridized carbons (Fsp3) is 0. The van der Waals surface area contributed by atoms with E-state index in [-0.39, 0.29) is 0 Å². The summed E-state index contributed by atoms with van der Waals surface area (Å²) in [4.78, 5) is 10.6. The lowest BCUT2D eigenvalue weighted by atomic mass is 9.98. The van der Waals surface area contributed by atoms with E-state index >= 15 is 0 Å². The fourth-order valence-electron chi connectivity index (χ4n) is 10.3. The van der Waals surface area contributed by atoms with Crippen molar-refractivity contribution in [2.24, 2.45) is 0 Å². The number of hydrogen-bond donors (Lipinski definition) is 0. The molecule has 0 fully saturated rings. The quantitative estimate of drug-likeness (QED) is 0.178. The van der Waals surface area contributed by atoms with Gasteiger partial charge in [-0.05, 0) is 77.5 Å². The van der Waals surface area contributed by atoms with Crippen LogP contribution in [0.25, 0.3) is 132 Å². The van der Waals surface area contributed by atoms with Gasteiger partial charge in [-0.3, -0.25) is 0 Å². The SMILES string of the molecule is c1cc(-n2c3ccccc3c3ccc4ccccc4c32)c2cc3c4ccccc4n(-c4ccc(-c5nc6ccccc6nc5-c5cccc6oc7ccccc7c56)cc4)c3cc2c1. The normalized spacial score (nSPS) is 12.1. The second kappa shape index (κ2) is 13.0. The summed E-state index contributed by atoms with van der Waals surface area (Å²) in [6.45, 7) is 0. The van der Waals surface area contributed by atoms with Crippen molar-refractivity contribution in [3.05, 3.63) is 206 Å². The molecule has 0 atom stereocenters. The Morgan fingerprint density at radius 3 is 1.83 bits per heavy atom. The second-order valence-corrected chi connectivity index (χ2v) is 16.5. The van der Waals surface area contributed by atoms with Crippen molar-refractivity contribution in [2.75, 3.05) is 0 Å². The van der Waals surface area contributed by atoms with Crippen LogP contribution in [0.3, 0.4) is 0 Å². The molecular weight excluding hydrogens is 769 g/mol. The highest BCUT2D eigenvalue weighted by Gasteiger charge is 2.21. The first-order chi connectivity index (χ1) is 31.2. The Kier molecular flexibility index (Phi) is 7.05. The maximum Gasteiger partial charge on any atom is 0.136 e. The minimum atomic E-state index is 0.828. The van der Waals surface area contributed by atoms with E-state index in [1.807, 2.05) is 48.5 Å². The summed E-state index contributed by atoms with van der Waals surface area (Å²) in [5, 5.41) is 11.9. The average molecular weight is 803 g/mol. The van der Waals surface area contributed by atoms with Crippen LogP contribution in [0, 0.1) is 0 Å². The molecule has 4 heterocycles. The molecule has 5 nitrogen and oxygen atoms in total. The summed E-state index contributed by atoms with van der Waals surface area (Å²) < 4.78 is 11.2. The van der Waals surface area contributed by atoms with Crippen molar-refractivity contribution in [3.63, 3.8) is 0 Å². The van der Waals surface area contributed by atoms with Crippen LogP contribution in [0.2, 0.25) is 0 Å². The van der Waals surface area contributed by atoms with Gasteiger partial charge in [0.2, 0.25) is 0 Å². The van der Waals surface area contributed by atoms with E-state index in [4.69, 9.17) is 14.4 Å². The minimum Gasteiger partial charge on any atom is -0.456 e. The molecule has 0 saturated carbocycles. The van der Waals surface area contributed by atoms with E-state index < -0.39 is 0 Å². The maximum atomic E-state index is 6.32. The van der Waals surface area contributed by atoms with Gasteiger partial charge in [0.1, 0.15) is 11.2 Å². The highest BCUT2D eigenvalue weighted by Crippen LogP contribution is 2.43. The van der Waals surface area contributed by atoms with Crippen molar-refractivity contribution in [1.29, 1.82) is 0 Å². The highest BCUT2D eigenvalue weighted by atomic mass is 16.3. The molecule has 14 rings (SSSR count). The third-order valence-corrected chi connectivity index (χ3v) is 13.1. The first-order valence-corrected chi connectivity index (χ1v) is 21.4. The van der Waals surface area contributed by atoms with Crippen LogP contribution in [-0.2, 0) is 0 Å². The molecule has 0 unspecified atom stereocenters. The molecule has 5 heteroatoms. The summed E-state index contributed by atoms with van der Waals surface area (Å²) in [5.41, 5.74) is 14.0. The lowest BCUT2D eigenvalue weighted by Crippen LogP contribution is -1.98. The van der Waals surface area contributed by atoms with Crippen LogP contribution in [0.5, 0.6) is 0 Å². The predicted molar refractivity (Wildman–Crippen MR) is 261 cm³/mol. The molecule has 10 aromatic carbocycles. The van der Waals surface area contributed by atoms with E-state index in [9.17, 15) is 0 Å². The summed E-state index contributed by atoms with van der Waals surface area (Å²) >= 11 is 0. The first kappa shape index (κ1) is 34.2. The molecular formula is C58H34N4O. The van der Waals surface area contributed by atoms with E-state index in [2.05, 4.69) is 167 Å². The van der Waals surface area contributed by atoms with Crippen LogP contribution < -0.4 is 0 Å². The predicted octanol–water partition coefficient (Wildman–Crippen LogP) is 15.4. The number of para-hydroxylation sites is 5. The molecule has 0 saturated heterocycles. The Balaban J connectivity index is 0.967. The largest absolute Gasteiger partial charge is 0.456 e. The number of rotatable bonds is 4. The molecule has 0 bridgehead atoms. The van der Waals surface area contributed by atoms with Crippen molar-refractivity contribution >= 4 is 98.1 Å². The van der Waals surface area contributed by atoms with Gasteiger partial charge in [-0.25, -0.2) is 9.97 Å². The Morgan fingerprint density at radius 1 is 0.365 bits per heavy atom. The number of fused-ring (bicyclic) bond motifs is 13. The summed E-state index contributed by atoms with van der Waals surface area (Å²) in [6.07, 6.45) is 0. The van der Waals surface area contributed by atoms with E-state index in [0.717, 1.165) is 72.2 Å². The number of nitrogens with zero attached hydrogens (tertiary/aromatic N) is 4. The smallest absolute Gasteiger partial charge is 0.136 e. The van der Waals surface area contributed by atoms with Crippen molar-refractivity contribution in [1.82, 2.24) is 19.1 Å². The second-order valence-electron chi connectivity index (χ2n) is 16.5. The van der Waals surface area contributed by atoms with Gasteiger partial charge in [-0.2, -0.15) is 0 Å². The summed E-state index contributed by atoms with van der Waals surface area (Å²) in [5.74, 6) is 0. The summed E-state index contributed by atoms with van der Waals surface area (Å²) in [6, 6.07) is 73.7. The third kappa shape index (κ3) is 4.93. The van der Waals surface area contributed by atoms with Gasteiger partial charge in [0.25, 0.3) is 0 Å². The molecule has 14 aromatic rings. The fourth-order valence-corrected chi connectivity index (χ4v) is 10.3. The van der Waals surface area contributed by atoms with Gasteiger partial charge < -0.3 is 13.6 Å². The van der Waals surface area contributed by atoms with Crippen LogP contribution in [0.1, 0.15) is 0 Å². The molecule has 0 amide bonds. The lowest BCUT2D eigenvalue weighted by Gasteiger charge is -2.14. The van der Waals surface area contributed by atoms with Gasteiger partial charge in [0, 0.05) is 59.9 Å². The Morgan fingerprint density at radius 2 is 1.00 bits per heavy atom. The minimum absolute atomic E-state index is 0.828. The van der Waals surface area contributed by atoms with Crippen LogP contribution in [-0.4, -0.2) is 19.1 Å². The third-order valence-electron chi connectivity index (χ3n) is 13.1. The summed E-state index contributed by atoms with van der Waals surface area (Å²) in [7, 11) is 0. The standard InChI is InChI=1S/C58H34N4O/c1-2-15-39-35(13-1)29-32-42-40-16-3-9-23-50(40)62(58(39)42)51-24-11-14-37-33-52-46(34-45(37)51)41-17-4-8-22-49(41)61(52)38-30-27-36(28-31-38)56-57(60-48-21-7-6-20-47(48)59-56)44-19-12-26-54-55(44)43-18-5-10-25-53(43)63-54/h1-34H. The van der Waals surface area contributed by atoms with Gasteiger partial charge in [0.05, 0.1) is 50.2 Å². The van der Waals surface area contributed by atoms with E-state index in [1.54, 1.807) is 0 Å². The van der Waals surface area contributed by atoms with Gasteiger partial charge in [-0.15, -0.1) is 0 Å². The number of furan rings is 1. The Labute approximate surface area is 360 Å². The zero-order chi connectivity index (χ0) is 41.2. The highest BCUT2D eigenvalue weighted by molar-refractivity contribution is 6.21. The number of aromatic nitrogens is 4. The molecule has 63 heavy (non-hydrogen) atoms. The average Bonchev–Trinajstić information content (AvgIpc) is 4.00. The number of benzene rings is 10. The van der Waals surface area contributed by atoms with Crippen molar-refractivity contribution in [3.8, 4) is 33.9 Å². The van der Waals surface area contributed by atoms with E-state index in [0.29, 0.717) is 0 Å². The Hall–Kier alpha value is -8.54. The molecule has 292 valence electrons. The molecule has 0 N–H and O–H groups in total. The van der Waals surface area contributed by atoms with E-state index in [1.165, 1.54) is 59.8 Å². The molecule has 0 spiro atoms. The molecule has 0 radical (unpaired) electrons. The van der Waals surface area contributed by atoms with Crippen LogP contribution in [0.4, 0.5) is 0 Å². The topological polar surface area (TPSA) is 48.8 Å².